The Bertz CT molecular complexity index is 1230. The lowest BCUT2D eigenvalue weighted by Crippen LogP contribution is -2.30. The molecular weight excluding hydrogens is 478 g/mol. The molecule has 2 aromatic carbocycles. The van der Waals surface area contributed by atoms with E-state index in [4.69, 9.17) is 26.1 Å². The van der Waals surface area contributed by atoms with Gasteiger partial charge >= 0.3 is 0 Å². The summed E-state index contributed by atoms with van der Waals surface area (Å²) in [6.07, 6.45) is 2.07. The lowest BCUT2D eigenvalue weighted by Gasteiger charge is -2.19. The second-order valence-electron chi connectivity index (χ2n) is 7.00. The molecule has 0 aliphatic heterocycles. The number of benzene rings is 2. The van der Waals surface area contributed by atoms with E-state index in [1.807, 2.05) is 42.5 Å². The summed E-state index contributed by atoms with van der Waals surface area (Å²) in [6, 6.07) is 17.0. The van der Waals surface area contributed by atoms with Crippen LogP contribution < -0.4 is 14.4 Å². The number of hydrogen-bond donors (Lipinski definition) is 0. The molecule has 2 heterocycles. The van der Waals surface area contributed by atoms with Gasteiger partial charge in [0, 0.05) is 23.3 Å². The van der Waals surface area contributed by atoms with E-state index in [0.29, 0.717) is 40.1 Å². The van der Waals surface area contributed by atoms with Crippen molar-refractivity contribution in [3.05, 3.63) is 71.5 Å². The molecule has 33 heavy (non-hydrogen) atoms. The van der Waals surface area contributed by atoms with Gasteiger partial charge in [-0.05, 0) is 48.5 Å². The number of ether oxygens (including phenoxy) is 2. The summed E-state index contributed by atoms with van der Waals surface area (Å²) in [5.41, 5.74) is 1.43. The van der Waals surface area contributed by atoms with Crippen LogP contribution >= 0.6 is 34.7 Å². The van der Waals surface area contributed by atoms with Gasteiger partial charge in [0.15, 0.2) is 5.13 Å². The number of carbonyl (C=O) groups excluding carboxylic acids is 1. The van der Waals surface area contributed by atoms with Gasteiger partial charge in [0.05, 0.1) is 36.2 Å². The molecule has 0 saturated carbocycles. The predicted octanol–water partition coefficient (Wildman–Crippen LogP) is 6.08. The van der Waals surface area contributed by atoms with Crippen molar-refractivity contribution in [1.82, 2.24) is 9.97 Å². The van der Waals surface area contributed by atoms with Crippen molar-refractivity contribution < 1.29 is 14.3 Å². The van der Waals surface area contributed by atoms with Crippen LogP contribution in [0.4, 0.5) is 5.13 Å². The first-order chi connectivity index (χ1) is 16.1. The highest BCUT2D eigenvalue weighted by molar-refractivity contribution is 7.99. The number of hydrogen-bond acceptors (Lipinski definition) is 7. The van der Waals surface area contributed by atoms with Gasteiger partial charge in [-0.15, -0.1) is 11.8 Å². The van der Waals surface area contributed by atoms with Crippen molar-refractivity contribution in [3.8, 4) is 11.5 Å². The van der Waals surface area contributed by atoms with Crippen LogP contribution in [-0.2, 0) is 11.3 Å². The van der Waals surface area contributed by atoms with E-state index in [1.165, 1.54) is 11.3 Å². The largest absolute Gasteiger partial charge is 0.497 e. The van der Waals surface area contributed by atoms with Crippen LogP contribution in [0.2, 0.25) is 5.02 Å². The van der Waals surface area contributed by atoms with Gasteiger partial charge in [0.2, 0.25) is 5.91 Å². The van der Waals surface area contributed by atoms with E-state index in [0.717, 1.165) is 21.0 Å². The number of halogens is 1. The minimum atomic E-state index is -0.0317. The van der Waals surface area contributed by atoms with Crippen molar-refractivity contribution in [2.45, 2.75) is 17.9 Å². The first-order valence-electron chi connectivity index (χ1n) is 10.2. The average Bonchev–Trinajstić information content (AvgIpc) is 3.30. The van der Waals surface area contributed by atoms with Crippen LogP contribution in [0.5, 0.6) is 11.5 Å². The van der Waals surface area contributed by atoms with E-state index < -0.39 is 0 Å². The van der Waals surface area contributed by atoms with Gasteiger partial charge in [-0.25, -0.2) is 4.98 Å². The number of fused-ring (bicyclic) bond motifs is 1. The number of pyridine rings is 1. The van der Waals surface area contributed by atoms with Crippen LogP contribution in [0.25, 0.3) is 10.2 Å². The van der Waals surface area contributed by atoms with Crippen molar-refractivity contribution in [1.29, 1.82) is 0 Å². The van der Waals surface area contributed by atoms with Gasteiger partial charge in [-0.3, -0.25) is 14.7 Å². The van der Waals surface area contributed by atoms with Crippen LogP contribution in [0.1, 0.15) is 12.1 Å². The van der Waals surface area contributed by atoms with Gasteiger partial charge in [0.1, 0.15) is 17.0 Å². The molecule has 0 aliphatic carbocycles. The van der Waals surface area contributed by atoms with E-state index in [-0.39, 0.29) is 5.91 Å². The topological polar surface area (TPSA) is 64.5 Å². The molecule has 0 fully saturated rings. The van der Waals surface area contributed by atoms with Crippen molar-refractivity contribution >= 4 is 56.0 Å². The molecule has 0 radical (unpaired) electrons. The molecule has 0 saturated heterocycles. The van der Waals surface area contributed by atoms with Crippen LogP contribution in [-0.4, -0.2) is 35.8 Å². The Kier molecular flexibility index (Phi) is 7.69. The third kappa shape index (κ3) is 5.58. The molecule has 0 aliphatic rings. The summed E-state index contributed by atoms with van der Waals surface area (Å²) in [4.78, 5) is 25.2. The second-order valence-corrected chi connectivity index (χ2v) is 9.55. The number of nitrogens with zero attached hydrogens (tertiary/aromatic N) is 3. The molecule has 0 spiro atoms. The predicted molar refractivity (Wildman–Crippen MR) is 135 cm³/mol. The lowest BCUT2D eigenvalue weighted by molar-refractivity contribution is -0.118. The van der Waals surface area contributed by atoms with E-state index in [9.17, 15) is 4.79 Å². The monoisotopic (exact) mass is 499 g/mol. The number of anilines is 1. The minimum Gasteiger partial charge on any atom is -0.497 e. The maximum atomic E-state index is 13.3. The molecule has 170 valence electrons. The van der Waals surface area contributed by atoms with Crippen molar-refractivity contribution in [2.24, 2.45) is 0 Å². The fraction of sp³-hybridized carbons (Fsp3) is 0.208. The third-order valence-electron chi connectivity index (χ3n) is 4.89. The maximum Gasteiger partial charge on any atom is 0.229 e. The summed E-state index contributed by atoms with van der Waals surface area (Å²) in [7, 11) is 3.23. The third-order valence-corrected chi connectivity index (χ3v) is 7.44. The number of methoxy groups -OCH3 is 2. The minimum absolute atomic E-state index is 0.0317. The summed E-state index contributed by atoms with van der Waals surface area (Å²) in [6.45, 7) is 0.326. The summed E-state index contributed by atoms with van der Waals surface area (Å²) < 4.78 is 11.4. The first-order valence-corrected chi connectivity index (χ1v) is 12.4. The first kappa shape index (κ1) is 23.4. The van der Waals surface area contributed by atoms with Gasteiger partial charge in [0.25, 0.3) is 0 Å². The Labute approximate surface area is 205 Å². The van der Waals surface area contributed by atoms with Gasteiger partial charge in [-0.2, -0.15) is 0 Å². The smallest absolute Gasteiger partial charge is 0.229 e. The number of aromatic nitrogens is 2. The quantitative estimate of drug-likeness (QED) is 0.260. The molecule has 2 aromatic heterocycles. The highest BCUT2D eigenvalue weighted by atomic mass is 35.5. The lowest BCUT2D eigenvalue weighted by atomic mass is 10.3. The fourth-order valence-corrected chi connectivity index (χ4v) is 5.31. The van der Waals surface area contributed by atoms with Crippen LogP contribution in [0, 0.1) is 0 Å². The SMILES string of the molecule is COc1ccc(SCCC(=O)N(Cc2ccccn2)c2nc3c(OC)ccc(Cl)c3s2)cc1. The summed E-state index contributed by atoms with van der Waals surface area (Å²) in [5.74, 6) is 2.04. The Balaban J connectivity index is 1.56. The number of carbonyl (C=O) groups is 1. The van der Waals surface area contributed by atoms with E-state index >= 15 is 0 Å². The zero-order valence-corrected chi connectivity index (χ0v) is 20.5. The van der Waals surface area contributed by atoms with Crippen molar-refractivity contribution in [3.63, 3.8) is 0 Å². The molecule has 4 rings (SSSR count). The Morgan fingerprint density at radius 3 is 2.61 bits per heavy atom. The molecule has 0 unspecified atom stereocenters. The zero-order chi connectivity index (χ0) is 23.2. The standard InChI is InChI=1S/C24H22ClN3O3S2/c1-30-17-6-8-18(9-7-17)32-14-12-21(29)28(15-16-5-3-4-13-26-16)24-27-22-20(31-2)11-10-19(25)23(22)33-24/h3-11,13H,12,14-15H2,1-2H3. The normalized spacial score (nSPS) is 10.9. The number of thioether (sulfide) groups is 1. The number of rotatable bonds is 9. The van der Waals surface area contributed by atoms with E-state index in [1.54, 1.807) is 49.2 Å². The average molecular weight is 500 g/mol. The highest BCUT2D eigenvalue weighted by Gasteiger charge is 2.22. The molecular formula is C24H22ClN3O3S2. The van der Waals surface area contributed by atoms with Crippen LogP contribution in [0.3, 0.4) is 0 Å². The van der Waals surface area contributed by atoms with Gasteiger partial charge in [-0.1, -0.05) is 29.0 Å². The zero-order valence-electron chi connectivity index (χ0n) is 18.2. The maximum absolute atomic E-state index is 13.3. The van der Waals surface area contributed by atoms with Gasteiger partial charge < -0.3 is 9.47 Å². The summed E-state index contributed by atoms with van der Waals surface area (Å²) >= 11 is 9.40. The summed E-state index contributed by atoms with van der Waals surface area (Å²) in [5, 5.41) is 1.15. The number of thiazole rings is 1. The fourth-order valence-electron chi connectivity index (χ4n) is 3.20. The molecule has 0 bridgehead atoms. The molecule has 4 aromatic rings. The molecule has 0 N–H and O–H groups in total. The highest BCUT2D eigenvalue weighted by Crippen LogP contribution is 2.39. The van der Waals surface area contributed by atoms with Crippen LogP contribution in [0.15, 0.2) is 65.7 Å². The molecule has 1 amide bonds. The van der Waals surface area contributed by atoms with E-state index in [2.05, 4.69) is 4.98 Å². The Hall–Kier alpha value is -2.81. The second kappa shape index (κ2) is 10.9. The molecule has 9 heteroatoms. The number of amides is 1. The Morgan fingerprint density at radius 2 is 1.91 bits per heavy atom. The van der Waals surface area contributed by atoms with Crippen molar-refractivity contribution in [2.75, 3.05) is 24.9 Å². The molecule has 0 atom stereocenters. The molecule has 6 nitrogen and oxygen atoms in total. The Morgan fingerprint density at radius 1 is 1.09 bits per heavy atom.